The fraction of sp³-hybridized carbons (Fsp3) is 0.0625. The summed E-state index contributed by atoms with van der Waals surface area (Å²) in [6.45, 7) is 0.342. The number of benzene rings is 2. The molecule has 0 spiro atoms. The molecule has 0 aliphatic rings. The predicted molar refractivity (Wildman–Crippen MR) is 86.2 cm³/mol. The summed E-state index contributed by atoms with van der Waals surface area (Å²) in [6, 6.07) is 12.8. The van der Waals surface area contributed by atoms with Crippen LogP contribution in [0, 0.1) is 0 Å². The van der Waals surface area contributed by atoms with Crippen molar-refractivity contribution in [2.75, 3.05) is 0 Å². The van der Waals surface area contributed by atoms with E-state index in [9.17, 15) is 0 Å². The summed E-state index contributed by atoms with van der Waals surface area (Å²) in [7, 11) is 0. The Balaban J connectivity index is 2.13. The van der Waals surface area contributed by atoms with Crippen molar-refractivity contribution in [3.63, 3.8) is 0 Å². The minimum Gasteiger partial charge on any atom is -0.453 e. The van der Waals surface area contributed by atoms with E-state index in [1.54, 1.807) is 24.4 Å². The molecule has 0 aliphatic carbocycles. The minimum absolute atomic E-state index is 0.342. The fourth-order valence-electron chi connectivity index (χ4n) is 2.13. The van der Waals surface area contributed by atoms with Gasteiger partial charge in [0.2, 0.25) is 0 Å². The third-order valence-corrected chi connectivity index (χ3v) is 3.79. The Morgan fingerprint density at radius 3 is 2.67 bits per heavy atom. The molecule has 0 saturated heterocycles. The van der Waals surface area contributed by atoms with Gasteiger partial charge in [-0.25, -0.2) is 0 Å². The molecule has 0 aliphatic heterocycles. The van der Waals surface area contributed by atoms with E-state index in [1.165, 1.54) is 0 Å². The second kappa shape index (κ2) is 5.90. The van der Waals surface area contributed by atoms with Gasteiger partial charge in [0, 0.05) is 23.7 Å². The van der Waals surface area contributed by atoms with Crippen molar-refractivity contribution in [3.05, 3.63) is 64.3 Å². The highest BCUT2D eigenvalue weighted by atomic mass is 35.5. The topological polar surface area (TPSA) is 48.1 Å². The number of halogens is 2. The molecule has 3 aromatic rings. The maximum absolute atomic E-state index is 6.21. The molecule has 0 bridgehead atoms. The van der Waals surface area contributed by atoms with E-state index in [4.69, 9.17) is 33.7 Å². The Hall–Kier alpha value is -1.81. The molecule has 21 heavy (non-hydrogen) atoms. The standard InChI is InChI=1S/C16H12Cl2N2O/c17-12-6-7-14(15-11(12)4-2-8-20-15)21-16-10(9-19)3-1-5-13(16)18/h1-8H,9,19H2. The van der Waals surface area contributed by atoms with Crippen LogP contribution in [-0.2, 0) is 6.54 Å². The first-order chi connectivity index (χ1) is 10.2. The van der Waals surface area contributed by atoms with Gasteiger partial charge in [-0.2, -0.15) is 0 Å². The molecule has 0 fully saturated rings. The van der Waals surface area contributed by atoms with Crippen molar-refractivity contribution in [2.24, 2.45) is 5.73 Å². The van der Waals surface area contributed by atoms with Crippen LogP contribution < -0.4 is 10.5 Å². The van der Waals surface area contributed by atoms with Crippen LogP contribution in [-0.4, -0.2) is 4.98 Å². The normalized spacial score (nSPS) is 10.8. The monoisotopic (exact) mass is 318 g/mol. The molecule has 0 amide bonds. The second-order valence-electron chi connectivity index (χ2n) is 4.48. The van der Waals surface area contributed by atoms with E-state index < -0.39 is 0 Å². The number of nitrogens with zero attached hydrogens (tertiary/aromatic N) is 1. The van der Waals surface area contributed by atoms with E-state index >= 15 is 0 Å². The highest BCUT2D eigenvalue weighted by Crippen LogP contribution is 2.37. The number of hydrogen-bond acceptors (Lipinski definition) is 3. The van der Waals surface area contributed by atoms with Crippen molar-refractivity contribution in [3.8, 4) is 11.5 Å². The molecule has 0 unspecified atom stereocenters. The molecule has 106 valence electrons. The molecule has 1 heterocycles. The lowest BCUT2D eigenvalue weighted by molar-refractivity contribution is 0.481. The van der Waals surface area contributed by atoms with E-state index in [1.807, 2.05) is 24.3 Å². The third kappa shape index (κ3) is 2.68. The van der Waals surface area contributed by atoms with E-state index in [0.717, 1.165) is 10.9 Å². The van der Waals surface area contributed by atoms with Crippen LogP contribution >= 0.6 is 23.2 Å². The van der Waals surface area contributed by atoms with Crippen LogP contribution in [0.5, 0.6) is 11.5 Å². The van der Waals surface area contributed by atoms with Gasteiger partial charge in [-0.3, -0.25) is 4.98 Å². The van der Waals surface area contributed by atoms with Crippen molar-refractivity contribution in [1.29, 1.82) is 0 Å². The molecule has 1 aromatic heterocycles. The number of hydrogen-bond donors (Lipinski definition) is 1. The lowest BCUT2D eigenvalue weighted by atomic mass is 10.2. The summed E-state index contributed by atoms with van der Waals surface area (Å²) in [5.41, 5.74) is 7.26. The van der Waals surface area contributed by atoms with Crippen LogP contribution in [0.15, 0.2) is 48.7 Å². The average Bonchev–Trinajstić information content (AvgIpc) is 2.52. The summed E-state index contributed by atoms with van der Waals surface area (Å²) in [5, 5.41) is 1.97. The molecule has 0 atom stereocenters. The zero-order chi connectivity index (χ0) is 14.8. The summed E-state index contributed by atoms with van der Waals surface area (Å²) >= 11 is 12.4. The van der Waals surface area contributed by atoms with E-state index in [2.05, 4.69) is 4.98 Å². The summed E-state index contributed by atoms with van der Waals surface area (Å²) in [6.07, 6.45) is 1.70. The molecular weight excluding hydrogens is 307 g/mol. The maximum Gasteiger partial charge on any atom is 0.153 e. The van der Waals surface area contributed by atoms with Gasteiger partial charge in [0.25, 0.3) is 0 Å². The maximum atomic E-state index is 6.21. The van der Waals surface area contributed by atoms with Gasteiger partial charge >= 0.3 is 0 Å². The van der Waals surface area contributed by atoms with Crippen molar-refractivity contribution in [2.45, 2.75) is 6.54 Å². The van der Waals surface area contributed by atoms with Crippen LogP contribution in [0.2, 0.25) is 10.0 Å². The highest BCUT2D eigenvalue weighted by molar-refractivity contribution is 6.35. The van der Waals surface area contributed by atoms with E-state index in [-0.39, 0.29) is 0 Å². The Morgan fingerprint density at radius 2 is 1.86 bits per heavy atom. The predicted octanol–water partition coefficient (Wildman–Crippen LogP) is 4.79. The molecule has 2 N–H and O–H groups in total. The van der Waals surface area contributed by atoms with Gasteiger partial charge in [-0.15, -0.1) is 0 Å². The lowest BCUT2D eigenvalue weighted by Crippen LogP contribution is -2.00. The number of para-hydroxylation sites is 1. The van der Waals surface area contributed by atoms with Crippen LogP contribution in [0.1, 0.15) is 5.56 Å². The fourth-order valence-corrected chi connectivity index (χ4v) is 2.58. The third-order valence-electron chi connectivity index (χ3n) is 3.16. The first kappa shape index (κ1) is 14.1. The first-order valence-corrected chi connectivity index (χ1v) is 7.15. The second-order valence-corrected chi connectivity index (χ2v) is 5.29. The van der Waals surface area contributed by atoms with Gasteiger partial charge in [-0.1, -0.05) is 35.3 Å². The van der Waals surface area contributed by atoms with Crippen LogP contribution in [0.4, 0.5) is 0 Å². The Morgan fingerprint density at radius 1 is 1.00 bits per heavy atom. The molecule has 3 rings (SSSR count). The lowest BCUT2D eigenvalue weighted by Gasteiger charge is -2.13. The minimum atomic E-state index is 0.342. The molecule has 0 radical (unpaired) electrons. The van der Waals surface area contributed by atoms with Gasteiger partial charge in [0.05, 0.1) is 10.0 Å². The van der Waals surface area contributed by atoms with Crippen molar-refractivity contribution >= 4 is 34.1 Å². The number of pyridine rings is 1. The average molecular weight is 319 g/mol. The molecule has 0 saturated carbocycles. The number of aromatic nitrogens is 1. The summed E-state index contributed by atoms with van der Waals surface area (Å²) in [4.78, 5) is 4.34. The largest absolute Gasteiger partial charge is 0.453 e. The zero-order valence-corrected chi connectivity index (χ0v) is 12.5. The number of nitrogens with two attached hydrogens (primary N) is 1. The summed E-state index contributed by atoms with van der Waals surface area (Å²) < 4.78 is 5.97. The number of ether oxygens (including phenoxy) is 1. The van der Waals surface area contributed by atoms with Gasteiger partial charge in [-0.05, 0) is 30.3 Å². The van der Waals surface area contributed by atoms with Crippen LogP contribution in [0.3, 0.4) is 0 Å². The van der Waals surface area contributed by atoms with Gasteiger partial charge in [0.1, 0.15) is 5.52 Å². The Kier molecular flexibility index (Phi) is 3.97. The number of rotatable bonds is 3. The van der Waals surface area contributed by atoms with E-state index in [0.29, 0.717) is 33.6 Å². The highest BCUT2D eigenvalue weighted by Gasteiger charge is 2.12. The van der Waals surface area contributed by atoms with Gasteiger partial charge < -0.3 is 10.5 Å². The molecular formula is C16H12Cl2N2O. The van der Waals surface area contributed by atoms with Crippen LogP contribution in [0.25, 0.3) is 10.9 Å². The SMILES string of the molecule is NCc1cccc(Cl)c1Oc1ccc(Cl)c2cccnc12. The van der Waals surface area contributed by atoms with Crippen molar-refractivity contribution < 1.29 is 4.74 Å². The Labute approximate surface area is 132 Å². The Bertz CT molecular complexity index is 805. The molecule has 5 heteroatoms. The van der Waals surface area contributed by atoms with Crippen molar-refractivity contribution in [1.82, 2.24) is 4.98 Å². The molecule has 3 nitrogen and oxygen atoms in total. The number of fused-ring (bicyclic) bond motifs is 1. The molecule has 2 aromatic carbocycles. The first-order valence-electron chi connectivity index (χ1n) is 6.39. The quantitative estimate of drug-likeness (QED) is 0.755. The smallest absolute Gasteiger partial charge is 0.153 e. The van der Waals surface area contributed by atoms with Gasteiger partial charge in [0.15, 0.2) is 11.5 Å². The zero-order valence-electron chi connectivity index (χ0n) is 11.0. The summed E-state index contributed by atoms with van der Waals surface area (Å²) in [5.74, 6) is 1.15.